The molecular formula is C14H12FNO3S. The van der Waals surface area contributed by atoms with Crippen molar-refractivity contribution in [1.82, 2.24) is 0 Å². The van der Waals surface area contributed by atoms with Crippen LogP contribution in [0.3, 0.4) is 0 Å². The molecule has 0 spiro atoms. The van der Waals surface area contributed by atoms with Gasteiger partial charge in [0.05, 0.1) is 5.69 Å². The molecule has 20 heavy (non-hydrogen) atoms. The number of halogens is 1. The third-order valence-electron chi connectivity index (χ3n) is 3.55. The summed E-state index contributed by atoms with van der Waals surface area (Å²) in [4.78, 5) is 13.3. The van der Waals surface area contributed by atoms with Crippen LogP contribution in [0, 0.1) is 0 Å². The lowest BCUT2D eigenvalue weighted by molar-refractivity contribution is -0.117. The number of hydrogen-bond donors (Lipinski definition) is 0. The van der Waals surface area contributed by atoms with Crippen LogP contribution in [-0.2, 0) is 15.0 Å². The number of carbonyl (C=O) groups excluding carboxylic acids is 1. The van der Waals surface area contributed by atoms with Crippen LogP contribution in [0.1, 0.15) is 6.42 Å². The summed E-state index contributed by atoms with van der Waals surface area (Å²) in [6.45, 7) is -0.133. The van der Waals surface area contributed by atoms with Crippen LogP contribution in [0.2, 0.25) is 0 Å². The first-order valence-corrected chi connectivity index (χ1v) is 7.63. The van der Waals surface area contributed by atoms with Crippen molar-refractivity contribution in [2.75, 3.05) is 11.4 Å². The van der Waals surface area contributed by atoms with E-state index in [9.17, 15) is 17.1 Å². The third kappa shape index (κ3) is 2.16. The van der Waals surface area contributed by atoms with Gasteiger partial charge in [0.2, 0.25) is 5.91 Å². The molecule has 1 saturated heterocycles. The summed E-state index contributed by atoms with van der Waals surface area (Å²) in [6, 6.07) is 12.9. The molecule has 1 unspecified atom stereocenters. The summed E-state index contributed by atoms with van der Waals surface area (Å²) in [5.41, 5.74) is 0.624. The molecule has 2 aromatic rings. The number of anilines is 1. The van der Waals surface area contributed by atoms with Gasteiger partial charge in [-0.3, -0.25) is 4.79 Å². The maximum Gasteiger partial charge on any atom is 0.307 e. The molecule has 1 amide bonds. The Bertz CT molecular complexity index is 783. The largest absolute Gasteiger partial charge is 0.310 e. The van der Waals surface area contributed by atoms with Crippen molar-refractivity contribution in [3.05, 3.63) is 42.5 Å². The van der Waals surface area contributed by atoms with Gasteiger partial charge in [-0.25, -0.2) is 0 Å². The van der Waals surface area contributed by atoms with Crippen molar-refractivity contribution in [3.8, 4) is 0 Å². The Hall–Kier alpha value is -1.95. The van der Waals surface area contributed by atoms with Gasteiger partial charge in [0.15, 0.2) is 0 Å². The van der Waals surface area contributed by atoms with Crippen molar-refractivity contribution in [1.29, 1.82) is 0 Å². The van der Waals surface area contributed by atoms with Gasteiger partial charge in [-0.15, -0.1) is 3.89 Å². The molecule has 6 heteroatoms. The molecule has 104 valence electrons. The van der Waals surface area contributed by atoms with Crippen molar-refractivity contribution in [2.24, 2.45) is 0 Å². The Morgan fingerprint density at radius 1 is 1.10 bits per heavy atom. The Morgan fingerprint density at radius 3 is 2.50 bits per heavy atom. The van der Waals surface area contributed by atoms with Gasteiger partial charge >= 0.3 is 10.2 Å². The first kappa shape index (κ1) is 13.1. The minimum Gasteiger partial charge on any atom is -0.310 e. The van der Waals surface area contributed by atoms with E-state index in [-0.39, 0.29) is 18.9 Å². The van der Waals surface area contributed by atoms with Crippen molar-refractivity contribution < 1.29 is 17.1 Å². The monoisotopic (exact) mass is 293 g/mol. The topological polar surface area (TPSA) is 54.5 Å². The Kier molecular flexibility index (Phi) is 2.97. The van der Waals surface area contributed by atoms with E-state index in [0.717, 1.165) is 10.8 Å². The molecule has 0 saturated carbocycles. The van der Waals surface area contributed by atoms with E-state index >= 15 is 0 Å². The van der Waals surface area contributed by atoms with E-state index in [2.05, 4.69) is 0 Å². The number of hydrogen-bond acceptors (Lipinski definition) is 3. The lowest BCUT2D eigenvalue weighted by atomic mass is 10.1. The highest BCUT2D eigenvalue weighted by Crippen LogP contribution is 2.31. The van der Waals surface area contributed by atoms with Gasteiger partial charge in [-0.05, 0) is 11.5 Å². The number of rotatable bonds is 2. The SMILES string of the molecule is O=C1CC(S(=O)(=O)F)CN1c1cccc2ccccc12. The van der Waals surface area contributed by atoms with E-state index in [1.807, 2.05) is 30.3 Å². The van der Waals surface area contributed by atoms with E-state index in [1.54, 1.807) is 12.1 Å². The predicted molar refractivity (Wildman–Crippen MR) is 74.7 cm³/mol. The molecular weight excluding hydrogens is 281 g/mol. The third-order valence-corrected chi connectivity index (χ3v) is 4.66. The van der Waals surface area contributed by atoms with Crippen LogP contribution < -0.4 is 4.90 Å². The normalized spacial score (nSPS) is 19.8. The van der Waals surface area contributed by atoms with Crippen LogP contribution in [0.15, 0.2) is 42.5 Å². The molecule has 1 atom stereocenters. The molecule has 1 heterocycles. The Labute approximate surface area is 116 Å². The lowest BCUT2D eigenvalue weighted by Gasteiger charge is -2.18. The smallest absolute Gasteiger partial charge is 0.307 e. The number of amides is 1. The van der Waals surface area contributed by atoms with E-state index in [1.165, 1.54) is 4.90 Å². The second-order valence-corrected chi connectivity index (χ2v) is 6.42. The zero-order valence-electron chi connectivity index (χ0n) is 10.5. The second-order valence-electron chi connectivity index (χ2n) is 4.80. The molecule has 3 rings (SSSR count). The lowest BCUT2D eigenvalue weighted by Crippen LogP contribution is -2.27. The van der Waals surface area contributed by atoms with Gasteiger partial charge in [-0.1, -0.05) is 36.4 Å². The fourth-order valence-corrected chi connectivity index (χ4v) is 3.21. The van der Waals surface area contributed by atoms with Gasteiger partial charge < -0.3 is 4.90 Å². The molecule has 1 fully saturated rings. The quantitative estimate of drug-likeness (QED) is 0.798. The first-order valence-electron chi connectivity index (χ1n) is 6.18. The highest BCUT2D eigenvalue weighted by molar-refractivity contribution is 7.87. The van der Waals surface area contributed by atoms with Crippen molar-refractivity contribution in [3.63, 3.8) is 0 Å². The molecule has 0 aromatic heterocycles. The van der Waals surface area contributed by atoms with Gasteiger partial charge in [0, 0.05) is 18.4 Å². The van der Waals surface area contributed by atoms with Crippen molar-refractivity contribution >= 4 is 32.6 Å². The minimum atomic E-state index is -4.69. The molecule has 0 radical (unpaired) electrons. The standard InChI is InChI=1S/C14H12FNO3S/c15-20(18,19)11-8-14(17)16(9-11)13-7-3-5-10-4-1-2-6-12(10)13/h1-7,11H,8-9H2. The van der Waals surface area contributed by atoms with Crippen LogP contribution >= 0.6 is 0 Å². The van der Waals surface area contributed by atoms with Gasteiger partial charge in [0.1, 0.15) is 5.25 Å². The fourth-order valence-electron chi connectivity index (χ4n) is 2.54. The number of benzene rings is 2. The van der Waals surface area contributed by atoms with E-state index in [4.69, 9.17) is 0 Å². The second kappa shape index (κ2) is 4.56. The van der Waals surface area contributed by atoms with Gasteiger partial charge in [-0.2, -0.15) is 8.42 Å². The van der Waals surface area contributed by atoms with E-state index < -0.39 is 15.5 Å². The number of nitrogens with zero attached hydrogens (tertiary/aromatic N) is 1. The Balaban J connectivity index is 2.06. The molecule has 4 nitrogen and oxygen atoms in total. The average molecular weight is 293 g/mol. The molecule has 0 bridgehead atoms. The molecule has 0 aliphatic carbocycles. The van der Waals surface area contributed by atoms with Crippen LogP contribution in [0.25, 0.3) is 10.8 Å². The molecule has 0 N–H and O–H groups in total. The number of fused-ring (bicyclic) bond motifs is 1. The minimum absolute atomic E-state index is 0.133. The average Bonchev–Trinajstić information content (AvgIpc) is 2.80. The first-order chi connectivity index (χ1) is 9.47. The summed E-state index contributed by atoms with van der Waals surface area (Å²) in [6.07, 6.45) is -0.304. The van der Waals surface area contributed by atoms with E-state index in [0.29, 0.717) is 5.69 Å². The summed E-state index contributed by atoms with van der Waals surface area (Å²) in [7, 11) is -4.69. The highest BCUT2D eigenvalue weighted by atomic mass is 32.3. The van der Waals surface area contributed by atoms with Crippen LogP contribution in [0.4, 0.5) is 9.57 Å². The molecule has 1 aliphatic heterocycles. The molecule has 1 aliphatic rings. The zero-order valence-corrected chi connectivity index (χ0v) is 11.3. The molecule has 2 aromatic carbocycles. The van der Waals surface area contributed by atoms with Crippen LogP contribution in [0.5, 0.6) is 0 Å². The zero-order chi connectivity index (χ0) is 14.3. The van der Waals surface area contributed by atoms with Gasteiger partial charge in [0.25, 0.3) is 0 Å². The predicted octanol–water partition coefficient (Wildman–Crippen LogP) is 2.24. The summed E-state index contributed by atoms with van der Waals surface area (Å²) in [5, 5.41) is 0.526. The summed E-state index contributed by atoms with van der Waals surface area (Å²) in [5.74, 6) is -0.368. The summed E-state index contributed by atoms with van der Waals surface area (Å²) < 4.78 is 35.0. The number of carbonyl (C=O) groups is 1. The Morgan fingerprint density at radius 2 is 1.80 bits per heavy atom. The fraction of sp³-hybridized carbons (Fsp3) is 0.214. The maximum absolute atomic E-state index is 13.1. The highest BCUT2D eigenvalue weighted by Gasteiger charge is 2.39. The maximum atomic E-state index is 13.1. The summed E-state index contributed by atoms with van der Waals surface area (Å²) >= 11 is 0. The van der Waals surface area contributed by atoms with Crippen LogP contribution in [-0.4, -0.2) is 26.1 Å². The van der Waals surface area contributed by atoms with Crippen molar-refractivity contribution in [2.45, 2.75) is 11.7 Å².